The summed E-state index contributed by atoms with van der Waals surface area (Å²) in [7, 11) is 0. The lowest BCUT2D eigenvalue weighted by Gasteiger charge is -2.20. The highest BCUT2D eigenvalue weighted by Crippen LogP contribution is 2.19. The van der Waals surface area contributed by atoms with Crippen molar-refractivity contribution in [2.75, 3.05) is 0 Å². The minimum Gasteiger partial charge on any atom is -0.392 e. The SMILES string of the molecule is CCCCC(CC)C(O)Cc1ccn(C(C)C)n1. The number of nitrogens with zero attached hydrogens (tertiary/aromatic N) is 2. The maximum atomic E-state index is 10.3. The zero-order valence-electron chi connectivity index (χ0n) is 12.3. The second-order valence-corrected chi connectivity index (χ2v) is 5.46. The molecule has 2 unspecified atom stereocenters. The lowest BCUT2D eigenvalue weighted by molar-refractivity contribution is 0.0976. The zero-order chi connectivity index (χ0) is 13.5. The molecule has 1 rings (SSSR count). The molecule has 3 heteroatoms. The van der Waals surface area contributed by atoms with Crippen molar-refractivity contribution in [2.45, 2.75) is 71.9 Å². The van der Waals surface area contributed by atoms with Crippen LogP contribution in [0.1, 0.15) is 65.1 Å². The quantitative estimate of drug-likeness (QED) is 0.768. The molecule has 0 bridgehead atoms. The smallest absolute Gasteiger partial charge is 0.0650 e. The van der Waals surface area contributed by atoms with Gasteiger partial charge in [-0.2, -0.15) is 5.10 Å². The van der Waals surface area contributed by atoms with Crippen molar-refractivity contribution in [1.82, 2.24) is 9.78 Å². The Kier molecular flexibility index (Phi) is 6.41. The molecule has 0 aromatic carbocycles. The Hall–Kier alpha value is -0.830. The van der Waals surface area contributed by atoms with Crippen LogP contribution in [-0.4, -0.2) is 21.0 Å². The third kappa shape index (κ3) is 4.45. The molecule has 0 aliphatic heterocycles. The van der Waals surface area contributed by atoms with E-state index < -0.39 is 0 Å². The van der Waals surface area contributed by atoms with E-state index in [1.165, 1.54) is 12.8 Å². The maximum absolute atomic E-state index is 10.3. The monoisotopic (exact) mass is 252 g/mol. The Bertz CT molecular complexity index is 333. The van der Waals surface area contributed by atoms with Gasteiger partial charge in [0.15, 0.2) is 0 Å². The molecule has 104 valence electrons. The summed E-state index contributed by atoms with van der Waals surface area (Å²) >= 11 is 0. The van der Waals surface area contributed by atoms with E-state index in [4.69, 9.17) is 0 Å². The summed E-state index contributed by atoms with van der Waals surface area (Å²) in [6.07, 6.45) is 7.01. The molecule has 0 saturated carbocycles. The first-order chi connectivity index (χ1) is 8.58. The van der Waals surface area contributed by atoms with Gasteiger partial charge >= 0.3 is 0 Å². The summed E-state index contributed by atoms with van der Waals surface area (Å²) in [5.41, 5.74) is 1.01. The topological polar surface area (TPSA) is 38.0 Å². The van der Waals surface area contributed by atoms with Crippen LogP contribution >= 0.6 is 0 Å². The molecule has 0 fully saturated rings. The van der Waals surface area contributed by atoms with Gasteiger partial charge in [-0.05, 0) is 32.3 Å². The Morgan fingerprint density at radius 1 is 1.33 bits per heavy atom. The molecule has 1 N–H and O–H groups in total. The van der Waals surface area contributed by atoms with Crippen molar-refractivity contribution in [3.05, 3.63) is 18.0 Å². The van der Waals surface area contributed by atoms with Crippen LogP contribution in [0.5, 0.6) is 0 Å². The maximum Gasteiger partial charge on any atom is 0.0650 e. The van der Waals surface area contributed by atoms with Crippen LogP contribution in [0.2, 0.25) is 0 Å². The standard InChI is InChI=1S/C15H28N2O/c1-5-7-8-13(6-2)15(18)11-14-9-10-17(16-14)12(3)4/h9-10,12-13,15,18H,5-8,11H2,1-4H3. The van der Waals surface area contributed by atoms with Crippen molar-refractivity contribution in [3.63, 3.8) is 0 Å². The normalized spacial score (nSPS) is 15.0. The first-order valence-electron chi connectivity index (χ1n) is 7.30. The fraction of sp³-hybridized carbons (Fsp3) is 0.800. The first-order valence-corrected chi connectivity index (χ1v) is 7.30. The van der Waals surface area contributed by atoms with Gasteiger partial charge in [-0.3, -0.25) is 4.68 Å². The summed E-state index contributed by atoms with van der Waals surface area (Å²) in [6.45, 7) is 8.59. The van der Waals surface area contributed by atoms with E-state index in [0.29, 0.717) is 18.4 Å². The predicted molar refractivity (Wildman–Crippen MR) is 75.6 cm³/mol. The minimum atomic E-state index is -0.253. The fourth-order valence-electron chi connectivity index (χ4n) is 2.29. The first kappa shape index (κ1) is 15.2. The lowest BCUT2D eigenvalue weighted by Crippen LogP contribution is -2.22. The molecule has 1 aromatic rings. The van der Waals surface area contributed by atoms with E-state index in [1.54, 1.807) is 0 Å². The van der Waals surface area contributed by atoms with Gasteiger partial charge in [-0.25, -0.2) is 0 Å². The van der Waals surface area contributed by atoms with Crippen molar-refractivity contribution in [2.24, 2.45) is 5.92 Å². The highest BCUT2D eigenvalue weighted by atomic mass is 16.3. The Morgan fingerprint density at radius 3 is 2.56 bits per heavy atom. The molecule has 0 aliphatic carbocycles. The van der Waals surface area contributed by atoms with Gasteiger partial charge in [0.05, 0.1) is 11.8 Å². The molecule has 18 heavy (non-hydrogen) atoms. The van der Waals surface area contributed by atoms with E-state index in [1.807, 2.05) is 16.9 Å². The Morgan fingerprint density at radius 2 is 2.06 bits per heavy atom. The minimum absolute atomic E-state index is 0.253. The third-order valence-electron chi connectivity index (χ3n) is 3.61. The molecule has 0 radical (unpaired) electrons. The number of hydrogen-bond donors (Lipinski definition) is 1. The molecule has 0 amide bonds. The number of hydrogen-bond acceptors (Lipinski definition) is 2. The van der Waals surface area contributed by atoms with Gasteiger partial charge in [0.25, 0.3) is 0 Å². The van der Waals surface area contributed by atoms with E-state index in [0.717, 1.165) is 18.5 Å². The number of aliphatic hydroxyl groups excluding tert-OH is 1. The summed E-state index contributed by atoms with van der Waals surface area (Å²) in [5.74, 6) is 0.411. The summed E-state index contributed by atoms with van der Waals surface area (Å²) in [6, 6.07) is 2.41. The van der Waals surface area contributed by atoms with Crippen molar-refractivity contribution < 1.29 is 5.11 Å². The van der Waals surface area contributed by atoms with Gasteiger partial charge < -0.3 is 5.11 Å². The molecule has 0 spiro atoms. The summed E-state index contributed by atoms with van der Waals surface area (Å²) in [4.78, 5) is 0. The van der Waals surface area contributed by atoms with Crippen molar-refractivity contribution in [3.8, 4) is 0 Å². The van der Waals surface area contributed by atoms with Crippen LogP contribution in [0.15, 0.2) is 12.3 Å². The number of aromatic nitrogens is 2. The molecule has 0 saturated heterocycles. The van der Waals surface area contributed by atoms with Crippen LogP contribution in [0, 0.1) is 5.92 Å². The predicted octanol–water partition coefficient (Wildman–Crippen LogP) is 3.58. The second kappa shape index (κ2) is 7.57. The number of aliphatic hydroxyl groups is 1. The highest BCUT2D eigenvalue weighted by molar-refractivity contribution is 5.01. The van der Waals surface area contributed by atoms with E-state index in [2.05, 4.69) is 32.8 Å². The Labute approximate surface area is 111 Å². The summed E-state index contributed by atoms with van der Waals surface area (Å²) in [5, 5.41) is 14.8. The van der Waals surface area contributed by atoms with Crippen molar-refractivity contribution >= 4 is 0 Å². The molecule has 3 nitrogen and oxygen atoms in total. The highest BCUT2D eigenvalue weighted by Gasteiger charge is 2.18. The molecular formula is C15H28N2O. The fourth-order valence-corrected chi connectivity index (χ4v) is 2.29. The summed E-state index contributed by atoms with van der Waals surface area (Å²) < 4.78 is 1.95. The van der Waals surface area contributed by atoms with Gasteiger partial charge in [0.2, 0.25) is 0 Å². The van der Waals surface area contributed by atoms with Gasteiger partial charge in [-0.15, -0.1) is 0 Å². The van der Waals surface area contributed by atoms with E-state index in [-0.39, 0.29) is 6.10 Å². The third-order valence-corrected chi connectivity index (χ3v) is 3.61. The lowest BCUT2D eigenvalue weighted by atomic mass is 9.91. The van der Waals surface area contributed by atoms with E-state index in [9.17, 15) is 5.11 Å². The van der Waals surface area contributed by atoms with Crippen LogP contribution in [0.25, 0.3) is 0 Å². The number of rotatable bonds is 8. The molecule has 1 aromatic heterocycles. The molecular weight excluding hydrogens is 224 g/mol. The number of unbranched alkanes of at least 4 members (excludes halogenated alkanes) is 1. The van der Waals surface area contributed by atoms with Gasteiger partial charge in [0.1, 0.15) is 0 Å². The van der Waals surface area contributed by atoms with Gasteiger partial charge in [0, 0.05) is 18.7 Å². The van der Waals surface area contributed by atoms with Gasteiger partial charge in [-0.1, -0.05) is 33.1 Å². The van der Waals surface area contributed by atoms with Crippen LogP contribution < -0.4 is 0 Å². The van der Waals surface area contributed by atoms with Crippen molar-refractivity contribution in [1.29, 1.82) is 0 Å². The zero-order valence-corrected chi connectivity index (χ0v) is 12.3. The second-order valence-electron chi connectivity index (χ2n) is 5.46. The largest absolute Gasteiger partial charge is 0.392 e. The van der Waals surface area contributed by atoms with E-state index >= 15 is 0 Å². The van der Waals surface area contributed by atoms with Crippen LogP contribution in [-0.2, 0) is 6.42 Å². The average Bonchev–Trinajstić information content (AvgIpc) is 2.78. The molecule has 1 heterocycles. The average molecular weight is 252 g/mol. The van der Waals surface area contributed by atoms with Crippen LogP contribution in [0.3, 0.4) is 0 Å². The molecule has 0 aliphatic rings. The molecule has 2 atom stereocenters. The Balaban J connectivity index is 2.53. The van der Waals surface area contributed by atoms with Crippen LogP contribution in [0.4, 0.5) is 0 Å².